The van der Waals surface area contributed by atoms with E-state index in [1.165, 1.54) is 0 Å². The lowest BCUT2D eigenvalue weighted by molar-refractivity contribution is -0.122. The third kappa shape index (κ3) is 3.47. The van der Waals surface area contributed by atoms with Gasteiger partial charge in [0.2, 0.25) is 5.91 Å². The molecule has 0 aliphatic carbocycles. The van der Waals surface area contributed by atoms with E-state index in [-0.39, 0.29) is 29.5 Å². The van der Waals surface area contributed by atoms with Crippen molar-refractivity contribution in [1.29, 1.82) is 5.26 Å². The number of fused-ring (bicyclic) bond motifs is 1. The number of rotatable bonds is 4. The Hall–Kier alpha value is -3.07. The van der Waals surface area contributed by atoms with Gasteiger partial charge in [-0.2, -0.15) is 5.26 Å². The monoisotopic (exact) mass is 351 g/mol. The minimum absolute atomic E-state index is 0.0557. The van der Waals surface area contributed by atoms with Crippen LogP contribution in [0.1, 0.15) is 46.8 Å². The zero-order valence-electron chi connectivity index (χ0n) is 14.9. The molecule has 2 N–H and O–H groups in total. The van der Waals surface area contributed by atoms with Gasteiger partial charge in [-0.3, -0.25) is 9.59 Å². The highest BCUT2D eigenvalue weighted by Gasteiger charge is 2.22. The Morgan fingerprint density at radius 1 is 1.38 bits per heavy atom. The lowest BCUT2D eigenvalue weighted by atomic mass is 9.98. The number of H-pyrrole nitrogens is 1. The Bertz CT molecular complexity index is 940. The topological polar surface area (TPSA) is 95.0 Å². The summed E-state index contributed by atoms with van der Waals surface area (Å²) in [5.74, 6) is 0.755. The number of nitrogens with zero attached hydrogens (tertiary/aromatic N) is 1. The van der Waals surface area contributed by atoms with Crippen LogP contribution in [0.5, 0.6) is 5.75 Å². The summed E-state index contributed by atoms with van der Waals surface area (Å²) >= 11 is 0. The first kappa shape index (κ1) is 17.7. The molecule has 26 heavy (non-hydrogen) atoms. The van der Waals surface area contributed by atoms with Crippen LogP contribution in [0.3, 0.4) is 0 Å². The van der Waals surface area contributed by atoms with Gasteiger partial charge in [0.15, 0.2) is 0 Å². The Morgan fingerprint density at radius 2 is 2.15 bits per heavy atom. The van der Waals surface area contributed by atoms with E-state index in [0.717, 1.165) is 23.3 Å². The van der Waals surface area contributed by atoms with Crippen LogP contribution in [0.25, 0.3) is 0 Å². The molecule has 0 saturated heterocycles. The first-order chi connectivity index (χ1) is 12.5. The molecule has 1 aliphatic rings. The van der Waals surface area contributed by atoms with Gasteiger partial charge in [-0.25, -0.2) is 0 Å². The fourth-order valence-electron chi connectivity index (χ4n) is 3.42. The van der Waals surface area contributed by atoms with Crippen molar-refractivity contribution in [3.63, 3.8) is 0 Å². The maximum Gasteiger partial charge on any atom is 0.266 e. The van der Waals surface area contributed by atoms with Gasteiger partial charge in [0.05, 0.1) is 12.6 Å². The highest BCUT2D eigenvalue weighted by Crippen LogP contribution is 2.31. The van der Waals surface area contributed by atoms with E-state index in [1.54, 1.807) is 13.8 Å². The quantitative estimate of drug-likeness (QED) is 0.884. The van der Waals surface area contributed by atoms with Gasteiger partial charge < -0.3 is 15.0 Å². The number of nitriles is 1. The van der Waals surface area contributed by atoms with Crippen molar-refractivity contribution in [1.82, 2.24) is 10.3 Å². The summed E-state index contributed by atoms with van der Waals surface area (Å²) in [7, 11) is 0. The normalized spacial score (nSPS) is 15.5. The number of benzene rings is 1. The SMILES string of the molecule is Cc1[nH]c(=O)c(C#N)c(C)c1CCC(=O)N[C@@H]1CCOc2ccccc21. The molecule has 1 aromatic carbocycles. The molecule has 6 nitrogen and oxygen atoms in total. The number of pyridine rings is 1. The number of nitrogens with one attached hydrogen (secondary N) is 2. The second-order valence-electron chi connectivity index (χ2n) is 6.46. The molecule has 6 heteroatoms. The molecule has 3 rings (SSSR count). The molecule has 1 aromatic heterocycles. The fourth-order valence-corrected chi connectivity index (χ4v) is 3.42. The molecule has 0 unspecified atom stereocenters. The van der Waals surface area contributed by atoms with Crippen LogP contribution in [0.15, 0.2) is 29.1 Å². The summed E-state index contributed by atoms with van der Waals surface area (Å²) in [5.41, 5.74) is 2.94. The highest BCUT2D eigenvalue weighted by atomic mass is 16.5. The van der Waals surface area contributed by atoms with Gasteiger partial charge in [0, 0.05) is 24.1 Å². The lowest BCUT2D eigenvalue weighted by Gasteiger charge is -2.26. The van der Waals surface area contributed by atoms with Crippen LogP contribution >= 0.6 is 0 Å². The second kappa shape index (κ2) is 7.44. The predicted octanol–water partition coefficient (Wildman–Crippen LogP) is 2.44. The van der Waals surface area contributed by atoms with E-state index in [2.05, 4.69) is 10.3 Å². The third-order valence-electron chi connectivity index (χ3n) is 4.82. The number of aromatic nitrogens is 1. The molecule has 0 radical (unpaired) electrons. The van der Waals surface area contributed by atoms with Gasteiger partial charge in [-0.05, 0) is 37.5 Å². The van der Waals surface area contributed by atoms with Gasteiger partial charge in [-0.15, -0.1) is 0 Å². The van der Waals surface area contributed by atoms with Gasteiger partial charge in [-0.1, -0.05) is 18.2 Å². The number of hydrogen-bond acceptors (Lipinski definition) is 4. The zero-order chi connectivity index (χ0) is 18.7. The van der Waals surface area contributed by atoms with Crippen LogP contribution in [0, 0.1) is 25.2 Å². The van der Waals surface area contributed by atoms with Crippen molar-refractivity contribution in [2.45, 2.75) is 39.2 Å². The number of ether oxygens (including phenoxy) is 1. The van der Waals surface area contributed by atoms with Gasteiger partial charge >= 0.3 is 0 Å². The maximum absolute atomic E-state index is 12.4. The summed E-state index contributed by atoms with van der Waals surface area (Å²) in [5, 5.41) is 12.2. The summed E-state index contributed by atoms with van der Waals surface area (Å²) in [6.45, 7) is 4.12. The molecule has 1 amide bonds. The second-order valence-corrected chi connectivity index (χ2v) is 6.46. The minimum atomic E-state index is -0.380. The van der Waals surface area contributed by atoms with Gasteiger partial charge in [0.1, 0.15) is 17.4 Å². The van der Waals surface area contributed by atoms with E-state index < -0.39 is 0 Å². The molecule has 0 bridgehead atoms. The minimum Gasteiger partial charge on any atom is -0.493 e. The van der Waals surface area contributed by atoms with Crippen LogP contribution in [0.2, 0.25) is 0 Å². The van der Waals surface area contributed by atoms with Gasteiger partial charge in [0.25, 0.3) is 5.56 Å². The standard InChI is InChI=1S/C20H21N3O3/c1-12-14(13(2)22-20(25)16(12)11-21)7-8-19(24)23-17-9-10-26-18-6-4-3-5-15(17)18/h3-6,17H,7-10H2,1-2H3,(H,22,25)(H,23,24)/t17-/m1/s1. The molecular weight excluding hydrogens is 330 g/mol. The molecule has 1 aliphatic heterocycles. The van der Waals surface area contributed by atoms with Crippen molar-refractivity contribution >= 4 is 5.91 Å². The van der Waals surface area contributed by atoms with E-state index in [0.29, 0.717) is 24.3 Å². The molecule has 0 spiro atoms. The molecule has 2 heterocycles. The van der Waals surface area contributed by atoms with E-state index in [9.17, 15) is 9.59 Å². The van der Waals surface area contributed by atoms with E-state index in [4.69, 9.17) is 10.00 Å². The molecule has 1 atom stereocenters. The Balaban J connectivity index is 1.70. The average Bonchev–Trinajstić information content (AvgIpc) is 2.62. The maximum atomic E-state index is 12.4. The highest BCUT2D eigenvalue weighted by molar-refractivity contribution is 5.77. The molecule has 0 fully saturated rings. The number of carbonyl (C=O) groups excluding carboxylic acids is 1. The van der Waals surface area contributed by atoms with Crippen molar-refractivity contribution in [3.05, 3.63) is 62.6 Å². The van der Waals surface area contributed by atoms with Crippen molar-refractivity contribution in [2.75, 3.05) is 6.61 Å². The number of hydrogen-bond donors (Lipinski definition) is 2. The smallest absolute Gasteiger partial charge is 0.266 e. The molecular formula is C20H21N3O3. The Kier molecular flexibility index (Phi) is 5.08. The summed E-state index contributed by atoms with van der Waals surface area (Å²) in [6, 6.07) is 9.60. The lowest BCUT2D eigenvalue weighted by Crippen LogP contribution is -2.32. The summed E-state index contributed by atoms with van der Waals surface area (Å²) in [4.78, 5) is 26.9. The van der Waals surface area contributed by atoms with Crippen LogP contribution in [-0.2, 0) is 11.2 Å². The predicted molar refractivity (Wildman–Crippen MR) is 97.0 cm³/mol. The Labute approximate surface area is 151 Å². The summed E-state index contributed by atoms with van der Waals surface area (Å²) in [6.07, 6.45) is 1.50. The van der Waals surface area contributed by atoms with E-state index in [1.807, 2.05) is 30.3 Å². The first-order valence-corrected chi connectivity index (χ1v) is 8.64. The van der Waals surface area contributed by atoms with Crippen LogP contribution < -0.4 is 15.6 Å². The van der Waals surface area contributed by atoms with Crippen molar-refractivity contribution in [3.8, 4) is 11.8 Å². The average molecular weight is 351 g/mol. The summed E-state index contributed by atoms with van der Waals surface area (Å²) < 4.78 is 5.62. The number of aromatic amines is 1. The third-order valence-corrected chi connectivity index (χ3v) is 4.82. The first-order valence-electron chi connectivity index (χ1n) is 8.64. The largest absolute Gasteiger partial charge is 0.493 e. The number of amides is 1. The van der Waals surface area contributed by atoms with Crippen LogP contribution in [-0.4, -0.2) is 17.5 Å². The van der Waals surface area contributed by atoms with Crippen LogP contribution in [0.4, 0.5) is 0 Å². The van der Waals surface area contributed by atoms with Crippen molar-refractivity contribution in [2.24, 2.45) is 0 Å². The zero-order valence-corrected chi connectivity index (χ0v) is 14.9. The molecule has 134 valence electrons. The Morgan fingerprint density at radius 3 is 2.92 bits per heavy atom. The number of para-hydroxylation sites is 1. The van der Waals surface area contributed by atoms with Crippen molar-refractivity contribution < 1.29 is 9.53 Å². The number of carbonyl (C=O) groups is 1. The van der Waals surface area contributed by atoms with E-state index >= 15 is 0 Å². The molecule has 0 saturated carbocycles. The molecule has 2 aromatic rings. The number of aryl methyl sites for hydroxylation is 1. The fraction of sp³-hybridized carbons (Fsp3) is 0.350.